The molecule has 0 amide bonds. The third-order valence-corrected chi connectivity index (χ3v) is 2.48. The van der Waals surface area contributed by atoms with Gasteiger partial charge in [-0.2, -0.15) is 0 Å². The van der Waals surface area contributed by atoms with Gasteiger partial charge in [0.25, 0.3) is 0 Å². The maximum absolute atomic E-state index is 12.1. The number of nitrogens with zero attached hydrogens (tertiary/aromatic N) is 2. The molecular formula is C3FIN2O2S. The zero-order valence-electron chi connectivity index (χ0n) is 4.38. The SMILES string of the molecule is O=[N+]([O-])c1nc(F)sc1I. The fourth-order valence-corrected chi connectivity index (χ4v) is 1.74. The highest BCUT2D eigenvalue weighted by molar-refractivity contribution is 14.1. The van der Waals surface area contributed by atoms with Crippen LogP contribution in [0.3, 0.4) is 0 Å². The first kappa shape index (κ1) is 7.79. The third-order valence-electron chi connectivity index (χ3n) is 0.716. The minimum Gasteiger partial charge on any atom is -0.358 e. The molecule has 0 aromatic carbocycles. The van der Waals surface area contributed by atoms with Crippen LogP contribution >= 0.6 is 33.9 Å². The van der Waals surface area contributed by atoms with Crippen molar-refractivity contribution in [1.82, 2.24) is 4.98 Å². The van der Waals surface area contributed by atoms with Gasteiger partial charge in [-0.05, 0) is 38.9 Å². The molecule has 0 aliphatic heterocycles. The lowest BCUT2D eigenvalue weighted by Gasteiger charge is -1.84. The predicted octanol–water partition coefficient (Wildman–Crippen LogP) is 1.79. The number of aromatic nitrogens is 1. The molecule has 0 spiro atoms. The number of hydrogen-bond donors (Lipinski definition) is 0. The van der Waals surface area contributed by atoms with Gasteiger partial charge in [-0.1, -0.05) is 0 Å². The molecule has 4 nitrogen and oxygen atoms in total. The van der Waals surface area contributed by atoms with Crippen molar-refractivity contribution in [3.8, 4) is 0 Å². The fraction of sp³-hybridized carbons (Fsp3) is 0. The Morgan fingerprint density at radius 2 is 2.40 bits per heavy atom. The summed E-state index contributed by atoms with van der Waals surface area (Å²) in [5.41, 5.74) is 0. The second-order valence-electron chi connectivity index (χ2n) is 1.32. The van der Waals surface area contributed by atoms with E-state index >= 15 is 0 Å². The van der Waals surface area contributed by atoms with E-state index in [9.17, 15) is 14.5 Å². The van der Waals surface area contributed by atoms with Crippen LogP contribution in [-0.4, -0.2) is 9.91 Å². The van der Waals surface area contributed by atoms with Crippen LogP contribution in [0.4, 0.5) is 10.2 Å². The van der Waals surface area contributed by atoms with Crippen LogP contribution in [0.1, 0.15) is 0 Å². The molecule has 1 rings (SSSR count). The molecule has 0 unspecified atom stereocenters. The molecule has 0 bridgehead atoms. The monoisotopic (exact) mass is 274 g/mol. The van der Waals surface area contributed by atoms with Crippen LogP contribution in [0.5, 0.6) is 0 Å². The zero-order valence-corrected chi connectivity index (χ0v) is 7.35. The number of hydrogen-bond acceptors (Lipinski definition) is 4. The Morgan fingerprint density at radius 1 is 1.80 bits per heavy atom. The highest BCUT2D eigenvalue weighted by Crippen LogP contribution is 2.24. The number of thiazole rings is 1. The molecule has 0 saturated carbocycles. The van der Waals surface area contributed by atoms with Crippen molar-refractivity contribution in [3.63, 3.8) is 0 Å². The van der Waals surface area contributed by atoms with Gasteiger partial charge in [0, 0.05) is 4.98 Å². The molecule has 54 valence electrons. The summed E-state index contributed by atoms with van der Waals surface area (Å²) in [6.07, 6.45) is 0. The molecule has 0 N–H and O–H groups in total. The maximum atomic E-state index is 12.1. The van der Waals surface area contributed by atoms with Gasteiger partial charge in [-0.25, -0.2) is 0 Å². The van der Waals surface area contributed by atoms with Crippen molar-refractivity contribution in [3.05, 3.63) is 18.3 Å². The van der Waals surface area contributed by atoms with Crippen LogP contribution in [-0.2, 0) is 0 Å². The maximum Gasteiger partial charge on any atom is 0.391 e. The Kier molecular flexibility index (Phi) is 2.14. The van der Waals surface area contributed by atoms with Gasteiger partial charge in [-0.3, -0.25) is 0 Å². The Hall–Kier alpha value is -0.310. The van der Waals surface area contributed by atoms with Gasteiger partial charge in [0.1, 0.15) is 0 Å². The van der Waals surface area contributed by atoms with E-state index in [2.05, 4.69) is 4.98 Å². The van der Waals surface area contributed by atoms with Crippen molar-refractivity contribution in [1.29, 1.82) is 0 Å². The summed E-state index contributed by atoms with van der Waals surface area (Å²) in [5.74, 6) is -0.400. The summed E-state index contributed by atoms with van der Waals surface area (Å²) in [5, 5.41) is 9.25. The van der Waals surface area contributed by atoms with E-state index in [4.69, 9.17) is 0 Å². The lowest BCUT2D eigenvalue weighted by Crippen LogP contribution is -1.89. The van der Waals surface area contributed by atoms with E-state index in [1.165, 1.54) is 0 Å². The normalized spacial score (nSPS) is 9.80. The van der Waals surface area contributed by atoms with Crippen LogP contribution in [0, 0.1) is 18.3 Å². The second-order valence-corrected chi connectivity index (χ2v) is 4.08. The molecule has 0 aliphatic carbocycles. The van der Waals surface area contributed by atoms with Gasteiger partial charge < -0.3 is 10.1 Å². The Morgan fingerprint density at radius 3 is 2.60 bits per heavy atom. The third kappa shape index (κ3) is 1.40. The first-order valence-electron chi connectivity index (χ1n) is 2.07. The fourth-order valence-electron chi connectivity index (χ4n) is 0.382. The van der Waals surface area contributed by atoms with Crippen molar-refractivity contribution < 1.29 is 9.31 Å². The number of halogens is 2. The quantitative estimate of drug-likeness (QED) is 0.445. The molecule has 7 heteroatoms. The molecular weight excluding hydrogens is 274 g/mol. The standard InChI is InChI=1S/C3FIN2O2S/c4-3-6-2(7(8)9)1(5)10-3. The first-order valence-corrected chi connectivity index (χ1v) is 3.97. The van der Waals surface area contributed by atoms with E-state index in [0.717, 1.165) is 0 Å². The zero-order chi connectivity index (χ0) is 7.72. The molecule has 0 saturated heterocycles. The molecule has 0 aliphatic rings. The topological polar surface area (TPSA) is 56.0 Å². The van der Waals surface area contributed by atoms with E-state index in [1.807, 2.05) is 0 Å². The summed E-state index contributed by atoms with van der Waals surface area (Å²) < 4.78 is 12.4. The van der Waals surface area contributed by atoms with Gasteiger partial charge in [0.15, 0.2) is 2.88 Å². The minimum atomic E-state index is -0.767. The smallest absolute Gasteiger partial charge is 0.358 e. The summed E-state index contributed by atoms with van der Waals surface area (Å²) in [4.78, 5) is 12.4. The second kappa shape index (κ2) is 2.74. The summed E-state index contributed by atoms with van der Waals surface area (Å²) in [6, 6.07) is 0. The van der Waals surface area contributed by atoms with E-state index < -0.39 is 16.0 Å². The molecule has 0 fully saturated rings. The van der Waals surface area contributed by atoms with Crippen molar-refractivity contribution in [2.24, 2.45) is 0 Å². The van der Waals surface area contributed by atoms with E-state index in [-0.39, 0.29) is 2.88 Å². The molecule has 10 heavy (non-hydrogen) atoms. The van der Waals surface area contributed by atoms with Gasteiger partial charge in [0.2, 0.25) is 0 Å². The highest BCUT2D eigenvalue weighted by atomic mass is 127. The van der Waals surface area contributed by atoms with E-state index in [1.54, 1.807) is 22.6 Å². The predicted molar refractivity (Wildman–Crippen MR) is 41.4 cm³/mol. The van der Waals surface area contributed by atoms with Crippen LogP contribution in [0.2, 0.25) is 0 Å². The molecule has 1 aromatic heterocycles. The Balaban J connectivity index is 3.15. The number of nitro groups is 1. The van der Waals surface area contributed by atoms with Gasteiger partial charge >= 0.3 is 11.1 Å². The van der Waals surface area contributed by atoms with Gasteiger partial charge in [0.05, 0.1) is 0 Å². The first-order chi connectivity index (χ1) is 4.61. The van der Waals surface area contributed by atoms with Crippen LogP contribution in [0.15, 0.2) is 0 Å². The molecule has 0 atom stereocenters. The average molecular weight is 274 g/mol. The molecule has 1 aromatic rings. The van der Waals surface area contributed by atoms with Crippen LogP contribution < -0.4 is 0 Å². The lowest BCUT2D eigenvalue weighted by atomic mass is 10.8. The molecule has 1 heterocycles. The Bertz CT molecular complexity index is 275. The average Bonchev–Trinajstić information content (AvgIpc) is 2.10. The van der Waals surface area contributed by atoms with Crippen molar-refractivity contribution in [2.75, 3.05) is 0 Å². The molecule has 0 radical (unpaired) electrons. The summed E-state index contributed by atoms with van der Waals surface area (Å²) in [7, 11) is 0. The minimum absolute atomic E-state index is 0.264. The van der Waals surface area contributed by atoms with Crippen LogP contribution in [0.25, 0.3) is 0 Å². The highest BCUT2D eigenvalue weighted by Gasteiger charge is 2.19. The lowest BCUT2D eigenvalue weighted by molar-refractivity contribution is -0.390. The Labute approximate surface area is 72.4 Å². The largest absolute Gasteiger partial charge is 0.391 e. The van der Waals surface area contributed by atoms with E-state index in [0.29, 0.717) is 11.3 Å². The van der Waals surface area contributed by atoms with Crippen molar-refractivity contribution >= 4 is 39.7 Å². The van der Waals surface area contributed by atoms with Gasteiger partial charge in [-0.15, -0.1) is 4.39 Å². The summed E-state index contributed by atoms with van der Waals surface area (Å²) in [6.45, 7) is 0. The number of rotatable bonds is 1. The van der Waals surface area contributed by atoms with Crippen molar-refractivity contribution in [2.45, 2.75) is 0 Å². The summed E-state index contributed by atoms with van der Waals surface area (Å²) >= 11 is 2.34.